The van der Waals surface area contributed by atoms with E-state index in [0.717, 1.165) is 18.2 Å². The Balaban J connectivity index is 1.76. The van der Waals surface area contributed by atoms with Crippen LogP contribution < -0.4 is 10.9 Å². The zero-order chi connectivity index (χ0) is 22.1. The summed E-state index contributed by atoms with van der Waals surface area (Å²) in [5.41, 5.74) is 0.600. The first kappa shape index (κ1) is 21.6. The number of nitrogens with one attached hydrogen (secondary N) is 1. The number of hydrogen-bond donors (Lipinski definition) is 2. The largest absolute Gasteiger partial charge is 0.396 e. The normalized spacial score (nSPS) is 24.8. The maximum atomic E-state index is 14.4. The number of carbonyl (C=O) groups is 1. The van der Waals surface area contributed by atoms with Gasteiger partial charge in [-0.25, -0.2) is 8.78 Å². The van der Waals surface area contributed by atoms with E-state index in [0.29, 0.717) is 18.8 Å². The summed E-state index contributed by atoms with van der Waals surface area (Å²) in [6.45, 7) is 0.691. The quantitative estimate of drug-likeness (QED) is 0.638. The fourth-order valence-corrected chi connectivity index (χ4v) is 4.95. The van der Waals surface area contributed by atoms with E-state index in [1.165, 1.54) is 13.2 Å². The molecule has 0 radical (unpaired) electrons. The van der Waals surface area contributed by atoms with E-state index in [-0.39, 0.29) is 42.8 Å². The van der Waals surface area contributed by atoms with Crippen LogP contribution in [0.3, 0.4) is 0 Å². The highest BCUT2D eigenvalue weighted by molar-refractivity contribution is 5.80. The Kier molecular flexibility index (Phi) is 6.17. The molecule has 1 saturated heterocycles. The summed E-state index contributed by atoms with van der Waals surface area (Å²) in [5, 5.41) is 13.0. The van der Waals surface area contributed by atoms with Crippen molar-refractivity contribution in [1.82, 2.24) is 14.8 Å². The van der Waals surface area contributed by atoms with Crippen molar-refractivity contribution in [2.75, 3.05) is 26.9 Å². The highest BCUT2D eigenvalue weighted by atomic mass is 19.1. The number of pyridine rings is 1. The van der Waals surface area contributed by atoms with Crippen LogP contribution in [0.1, 0.15) is 17.3 Å². The smallest absolute Gasteiger partial charge is 0.250 e. The molecule has 166 valence electrons. The number of hydrogen-bond acceptors (Lipinski definition) is 5. The van der Waals surface area contributed by atoms with Crippen molar-refractivity contribution in [3.05, 3.63) is 69.6 Å². The maximum absolute atomic E-state index is 14.4. The zero-order valence-corrected chi connectivity index (χ0v) is 17.1. The molecule has 9 heteroatoms. The maximum Gasteiger partial charge on any atom is 0.250 e. The van der Waals surface area contributed by atoms with Crippen LogP contribution >= 0.6 is 0 Å². The molecule has 4 rings (SSSR count). The van der Waals surface area contributed by atoms with Crippen molar-refractivity contribution >= 4 is 5.91 Å². The van der Waals surface area contributed by atoms with Gasteiger partial charge in [-0.05, 0) is 24.3 Å². The molecule has 1 aromatic heterocycles. The van der Waals surface area contributed by atoms with Gasteiger partial charge in [0.05, 0.1) is 18.6 Å². The summed E-state index contributed by atoms with van der Waals surface area (Å²) < 4.78 is 34.8. The predicted octanol–water partition coefficient (Wildman–Crippen LogP) is 1.05. The summed E-state index contributed by atoms with van der Waals surface area (Å²) in [6.07, 6.45) is 0. The van der Waals surface area contributed by atoms with Crippen molar-refractivity contribution in [3.8, 4) is 0 Å². The highest BCUT2D eigenvalue weighted by Gasteiger charge is 2.55. The number of rotatable bonds is 7. The number of halogens is 2. The monoisotopic (exact) mass is 433 g/mol. The van der Waals surface area contributed by atoms with Crippen LogP contribution in [-0.2, 0) is 22.6 Å². The molecule has 0 saturated carbocycles. The molecule has 0 aliphatic carbocycles. The summed E-state index contributed by atoms with van der Waals surface area (Å²) in [5.74, 6) is -2.48. The number of ether oxygens (including phenoxy) is 1. The lowest BCUT2D eigenvalue weighted by Gasteiger charge is -2.38. The van der Waals surface area contributed by atoms with Gasteiger partial charge in [0.15, 0.2) is 0 Å². The number of aromatic nitrogens is 1. The Labute approximate surface area is 178 Å². The Morgan fingerprint density at radius 2 is 2.10 bits per heavy atom. The van der Waals surface area contributed by atoms with Crippen LogP contribution in [0.25, 0.3) is 0 Å². The van der Waals surface area contributed by atoms with Gasteiger partial charge in [0.1, 0.15) is 11.6 Å². The van der Waals surface area contributed by atoms with E-state index in [9.17, 15) is 23.5 Å². The molecule has 7 nitrogen and oxygen atoms in total. The molecule has 4 atom stereocenters. The van der Waals surface area contributed by atoms with Gasteiger partial charge in [-0.1, -0.05) is 6.07 Å². The fourth-order valence-electron chi connectivity index (χ4n) is 4.95. The fraction of sp³-hybridized carbons (Fsp3) is 0.455. The first-order valence-corrected chi connectivity index (χ1v) is 10.2. The lowest BCUT2D eigenvalue weighted by molar-refractivity contribution is -0.127. The molecule has 2 aromatic rings. The number of nitrogens with zero attached hydrogens (tertiary/aromatic N) is 2. The topological polar surface area (TPSA) is 83.8 Å². The molecule has 0 spiro atoms. The van der Waals surface area contributed by atoms with Crippen molar-refractivity contribution in [2.45, 2.75) is 25.2 Å². The van der Waals surface area contributed by atoms with Gasteiger partial charge in [-0.3, -0.25) is 14.5 Å². The van der Waals surface area contributed by atoms with E-state index in [1.807, 2.05) is 4.90 Å². The molecule has 1 fully saturated rings. The average molecular weight is 433 g/mol. The molecular weight excluding hydrogens is 408 g/mol. The zero-order valence-electron chi connectivity index (χ0n) is 17.1. The SMILES string of the molecule is COCCNC(=O)[C@H]1[C@H](CO)[C@H]2Cn3c(cccc3=O)[C@@H]1N2Cc1cc(F)ccc1F. The van der Waals surface area contributed by atoms with E-state index < -0.39 is 29.5 Å². The summed E-state index contributed by atoms with van der Waals surface area (Å²) in [4.78, 5) is 27.5. The molecular formula is C22H25F2N3O4. The van der Waals surface area contributed by atoms with Gasteiger partial charge < -0.3 is 19.7 Å². The van der Waals surface area contributed by atoms with E-state index >= 15 is 0 Å². The van der Waals surface area contributed by atoms with Crippen molar-refractivity contribution < 1.29 is 23.4 Å². The molecule has 2 N–H and O–H groups in total. The number of aliphatic hydroxyl groups excluding tert-OH is 1. The van der Waals surface area contributed by atoms with Crippen molar-refractivity contribution in [1.29, 1.82) is 0 Å². The van der Waals surface area contributed by atoms with E-state index in [4.69, 9.17) is 4.74 Å². The Morgan fingerprint density at radius 1 is 1.29 bits per heavy atom. The van der Waals surface area contributed by atoms with Crippen LogP contribution in [0.4, 0.5) is 8.78 Å². The molecule has 2 bridgehead atoms. The van der Waals surface area contributed by atoms with Crippen LogP contribution in [0, 0.1) is 23.5 Å². The van der Waals surface area contributed by atoms with Crippen LogP contribution in [-0.4, -0.2) is 53.4 Å². The standard InChI is InChI=1S/C22H25F2N3O4/c1-31-8-7-25-22(30)20-15(12-28)18-11-26-17(3-2-4-19(26)29)21(20)27(18)10-13-9-14(23)5-6-16(13)24/h2-6,9,15,18,20-21,28H,7-8,10-12H2,1H3,(H,25,30)/t15-,18-,20+,21+/m1/s1. The van der Waals surface area contributed by atoms with E-state index in [2.05, 4.69) is 5.32 Å². The summed E-state index contributed by atoms with van der Waals surface area (Å²) >= 11 is 0. The van der Waals surface area contributed by atoms with Gasteiger partial charge in [-0.15, -0.1) is 0 Å². The third-order valence-corrected chi connectivity index (χ3v) is 6.31. The first-order valence-electron chi connectivity index (χ1n) is 10.2. The number of methoxy groups -OCH3 is 1. The Bertz CT molecular complexity index is 1030. The van der Waals surface area contributed by atoms with Crippen LogP contribution in [0.5, 0.6) is 0 Å². The van der Waals surface area contributed by atoms with Crippen molar-refractivity contribution in [3.63, 3.8) is 0 Å². The minimum Gasteiger partial charge on any atom is -0.396 e. The second-order valence-electron chi connectivity index (χ2n) is 7.98. The molecule has 2 aliphatic heterocycles. The van der Waals surface area contributed by atoms with Crippen molar-refractivity contribution in [2.24, 2.45) is 11.8 Å². The van der Waals surface area contributed by atoms with E-state index in [1.54, 1.807) is 16.7 Å². The highest BCUT2D eigenvalue weighted by Crippen LogP contribution is 2.48. The number of carbonyl (C=O) groups excluding carboxylic acids is 1. The van der Waals surface area contributed by atoms with Gasteiger partial charge >= 0.3 is 0 Å². The van der Waals surface area contributed by atoms with Crippen LogP contribution in [0.2, 0.25) is 0 Å². The van der Waals surface area contributed by atoms with Gasteiger partial charge in [0.25, 0.3) is 5.56 Å². The second-order valence-corrected chi connectivity index (χ2v) is 7.98. The molecule has 1 amide bonds. The van der Waals surface area contributed by atoms with Gasteiger partial charge in [0.2, 0.25) is 5.91 Å². The lowest BCUT2D eigenvalue weighted by Crippen LogP contribution is -2.46. The van der Waals surface area contributed by atoms with Crippen LogP contribution in [0.15, 0.2) is 41.2 Å². The molecule has 3 heterocycles. The predicted molar refractivity (Wildman–Crippen MR) is 108 cm³/mol. The first-order chi connectivity index (χ1) is 15.0. The van der Waals surface area contributed by atoms with Gasteiger partial charge in [-0.2, -0.15) is 0 Å². The second kappa shape index (κ2) is 8.86. The molecule has 2 aliphatic rings. The third-order valence-electron chi connectivity index (χ3n) is 6.31. The minimum absolute atomic E-state index is 0.0559. The lowest BCUT2D eigenvalue weighted by atomic mass is 9.86. The average Bonchev–Trinajstić information content (AvgIpc) is 2.95. The Hall–Kier alpha value is -2.62. The molecule has 31 heavy (non-hydrogen) atoms. The third kappa shape index (κ3) is 3.88. The molecule has 1 aromatic carbocycles. The minimum atomic E-state index is -0.654. The summed E-state index contributed by atoms with van der Waals surface area (Å²) in [6, 6.07) is 7.18. The van der Waals surface area contributed by atoms with Gasteiger partial charge in [0, 0.05) is 62.6 Å². The number of fused-ring (bicyclic) bond motifs is 4. The molecule has 0 unspecified atom stereocenters. The summed E-state index contributed by atoms with van der Waals surface area (Å²) in [7, 11) is 1.53. The number of benzene rings is 1. The Morgan fingerprint density at radius 3 is 2.84 bits per heavy atom. The number of amides is 1. The number of aliphatic hydroxyl groups is 1.